The molecule has 0 N–H and O–H groups in total. The number of fused-ring (bicyclic) bond motifs is 1. The van der Waals surface area contributed by atoms with Crippen molar-refractivity contribution in [2.75, 3.05) is 6.54 Å². The predicted molar refractivity (Wildman–Crippen MR) is 128 cm³/mol. The van der Waals surface area contributed by atoms with Gasteiger partial charge in [-0.1, -0.05) is 75.6 Å². The van der Waals surface area contributed by atoms with Crippen molar-refractivity contribution in [2.24, 2.45) is 0 Å². The third kappa shape index (κ3) is 5.42. The highest BCUT2D eigenvalue weighted by Crippen LogP contribution is 2.34. The first-order chi connectivity index (χ1) is 15.0. The van der Waals surface area contributed by atoms with Gasteiger partial charge in [-0.25, -0.2) is 4.98 Å². The van der Waals surface area contributed by atoms with Gasteiger partial charge in [-0.15, -0.1) is 0 Å². The summed E-state index contributed by atoms with van der Waals surface area (Å²) in [5, 5.41) is 5.71. The smallest absolute Gasteiger partial charge is 0.275 e. The molecule has 2 heterocycles. The maximum Gasteiger partial charge on any atom is 0.275 e. The van der Waals surface area contributed by atoms with Crippen molar-refractivity contribution < 1.29 is 0 Å². The van der Waals surface area contributed by atoms with Gasteiger partial charge in [-0.05, 0) is 42.9 Å². The molecule has 0 bridgehead atoms. The van der Waals surface area contributed by atoms with Crippen molar-refractivity contribution in [2.45, 2.75) is 84.2 Å². The highest BCUT2D eigenvalue weighted by Gasteiger charge is 2.21. The molecule has 1 fully saturated rings. The number of aromatic nitrogens is 3. The molecule has 1 aromatic carbocycles. The standard InChI is InChI=1S/C25H34N4OS/c1-4-14-28(16-19-10-12-20(13-11-19)18(2)3)17-22-15-23(30)29-25(26-22)31-24(27-29)21-8-6-5-7-9-21/h10-13,15,18,21H,4-9,14,16-17H2,1-3H3. The number of nitrogens with zero attached hydrogens (tertiary/aromatic N) is 4. The fraction of sp³-hybridized carbons (Fsp3) is 0.560. The summed E-state index contributed by atoms with van der Waals surface area (Å²) in [4.78, 5) is 20.7. The van der Waals surface area contributed by atoms with Gasteiger partial charge in [0.15, 0.2) is 0 Å². The lowest BCUT2D eigenvalue weighted by atomic mass is 9.90. The lowest BCUT2D eigenvalue weighted by Crippen LogP contribution is -2.26. The highest BCUT2D eigenvalue weighted by molar-refractivity contribution is 7.16. The van der Waals surface area contributed by atoms with Gasteiger partial charge in [0.1, 0.15) is 5.01 Å². The van der Waals surface area contributed by atoms with Crippen LogP contribution in [0, 0.1) is 0 Å². The van der Waals surface area contributed by atoms with Crippen LogP contribution < -0.4 is 5.56 Å². The van der Waals surface area contributed by atoms with Gasteiger partial charge in [0, 0.05) is 25.1 Å². The van der Waals surface area contributed by atoms with Gasteiger partial charge >= 0.3 is 0 Å². The number of rotatable bonds is 8. The van der Waals surface area contributed by atoms with Crippen LogP contribution in [0.5, 0.6) is 0 Å². The summed E-state index contributed by atoms with van der Waals surface area (Å²) in [6.07, 6.45) is 7.27. The quantitative estimate of drug-likeness (QED) is 0.450. The molecule has 6 heteroatoms. The van der Waals surface area contributed by atoms with Crippen molar-refractivity contribution in [1.29, 1.82) is 0 Å². The lowest BCUT2D eigenvalue weighted by Gasteiger charge is -2.21. The van der Waals surface area contributed by atoms with Crippen molar-refractivity contribution in [1.82, 2.24) is 19.5 Å². The summed E-state index contributed by atoms with van der Waals surface area (Å²) in [6.45, 7) is 9.16. The minimum absolute atomic E-state index is 0.0592. The summed E-state index contributed by atoms with van der Waals surface area (Å²) in [7, 11) is 0. The molecule has 1 saturated carbocycles. The molecule has 0 unspecified atom stereocenters. The van der Waals surface area contributed by atoms with E-state index < -0.39 is 0 Å². The van der Waals surface area contributed by atoms with Crippen molar-refractivity contribution in [3.63, 3.8) is 0 Å². The minimum atomic E-state index is -0.0592. The van der Waals surface area contributed by atoms with Gasteiger partial charge in [0.05, 0.1) is 5.69 Å². The number of hydrogen-bond donors (Lipinski definition) is 0. The number of benzene rings is 1. The molecule has 0 atom stereocenters. The van der Waals surface area contributed by atoms with E-state index in [2.05, 4.69) is 55.0 Å². The van der Waals surface area contributed by atoms with Crippen LogP contribution in [-0.4, -0.2) is 26.0 Å². The second-order valence-electron chi connectivity index (χ2n) is 9.16. The SMILES string of the molecule is CCCN(Cc1ccc(C(C)C)cc1)Cc1cc(=O)n2nc(C3CCCCC3)sc2n1. The minimum Gasteiger partial charge on any atom is -0.293 e. The van der Waals surface area contributed by atoms with E-state index in [1.807, 2.05) is 0 Å². The Hall–Kier alpha value is -2.05. The molecule has 3 aromatic rings. The van der Waals surface area contributed by atoms with E-state index in [9.17, 15) is 4.79 Å². The van der Waals surface area contributed by atoms with Crippen LogP contribution in [0.3, 0.4) is 0 Å². The first-order valence-electron chi connectivity index (χ1n) is 11.7. The summed E-state index contributed by atoms with van der Waals surface area (Å²) in [5.41, 5.74) is 3.45. The molecule has 166 valence electrons. The van der Waals surface area contributed by atoms with E-state index in [0.717, 1.165) is 35.2 Å². The van der Waals surface area contributed by atoms with Gasteiger partial charge in [-0.2, -0.15) is 9.61 Å². The Kier molecular flexibility index (Phi) is 7.18. The normalized spacial score (nSPS) is 15.4. The molecule has 0 saturated heterocycles. The monoisotopic (exact) mass is 438 g/mol. The van der Waals surface area contributed by atoms with Crippen molar-refractivity contribution in [3.8, 4) is 0 Å². The Morgan fingerprint density at radius 3 is 2.55 bits per heavy atom. The van der Waals surface area contributed by atoms with Crippen LogP contribution in [-0.2, 0) is 13.1 Å². The molecule has 0 amide bonds. The molecule has 2 aromatic heterocycles. The molecule has 0 spiro atoms. The van der Waals surface area contributed by atoms with Crippen molar-refractivity contribution >= 4 is 16.3 Å². The largest absolute Gasteiger partial charge is 0.293 e. The summed E-state index contributed by atoms with van der Waals surface area (Å²) in [6, 6.07) is 10.6. The first kappa shape index (κ1) is 22.2. The molecular weight excluding hydrogens is 404 g/mol. The van der Waals surface area contributed by atoms with Gasteiger partial charge in [0.2, 0.25) is 4.96 Å². The van der Waals surface area contributed by atoms with E-state index >= 15 is 0 Å². The van der Waals surface area contributed by atoms with E-state index in [4.69, 9.17) is 4.98 Å². The molecule has 0 radical (unpaired) electrons. The summed E-state index contributed by atoms with van der Waals surface area (Å²) >= 11 is 1.60. The average molecular weight is 439 g/mol. The Labute approximate surface area is 189 Å². The van der Waals surface area contributed by atoms with Crippen LogP contribution in [0.15, 0.2) is 35.1 Å². The molecule has 1 aliphatic rings. The Morgan fingerprint density at radius 2 is 1.87 bits per heavy atom. The first-order valence-corrected chi connectivity index (χ1v) is 12.6. The average Bonchev–Trinajstić information content (AvgIpc) is 3.20. The number of hydrogen-bond acceptors (Lipinski definition) is 5. The second kappa shape index (κ2) is 10.0. The zero-order chi connectivity index (χ0) is 21.8. The molecule has 0 aliphatic heterocycles. The molecule has 31 heavy (non-hydrogen) atoms. The summed E-state index contributed by atoms with van der Waals surface area (Å²) < 4.78 is 1.51. The van der Waals surface area contributed by atoms with E-state index in [1.54, 1.807) is 17.4 Å². The maximum atomic E-state index is 12.7. The van der Waals surface area contributed by atoms with Crippen LogP contribution in [0.4, 0.5) is 0 Å². The third-order valence-electron chi connectivity index (χ3n) is 6.25. The van der Waals surface area contributed by atoms with E-state index in [0.29, 0.717) is 18.4 Å². The Morgan fingerprint density at radius 1 is 1.13 bits per heavy atom. The lowest BCUT2D eigenvalue weighted by molar-refractivity contribution is 0.254. The van der Waals surface area contributed by atoms with Crippen LogP contribution in [0.1, 0.15) is 93.0 Å². The second-order valence-corrected chi connectivity index (χ2v) is 10.1. The predicted octanol–water partition coefficient (Wildman–Crippen LogP) is 5.73. The maximum absolute atomic E-state index is 12.7. The van der Waals surface area contributed by atoms with Crippen molar-refractivity contribution in [3.05, 3.63) is 62.5 Å². The highest BCUT2D eigenvalue weighted by atomic mass is 32.1. The Balaban J connectivity index is 1.52. The summed E-state index contributed by atoms with van der Waals surface area (Å²) in [5.74, 6) is 1.04. The molecule has 5 nitrogen and oxygen atoms in total. The van der Waals surface area contributed by atoms with Gasteiger partial charge in [0.25, 0.3) is 5.56 Å². The van der Waals surface area contributed by atoms with Crippen LogP contribution in [0.25, 0.3) is 4.96 Å². The molecule has 1 aliphatic carbocycles. The molecule has 4 rings (SSSR count). The third-order valence-corrected chi connectivity index (χ3v) is 7.32. The molecular formula is C25H34N4OS. The van der Waals surface area contributed by atoms with Gasteiger partial charge < -0.3 is 0 Å². The fourth-order valence-corrected chi connectivity index (χ4v) is 5.58. The van der Waals surface area contributed by atoms with Gasteiger partial charge in [-0.3, -0.25) is 9.69 Å². The zero-order valence-electron chi connectivity index (χ0n) is 19.0. The topological polar surface area (TPSA) is 50.5 Å². The zero-order valence-corrected chi connectivity index (χ0v) is 19.8. The Bertz CT molecular complexity index is 1050. The fourth-order valence-electron chi connectivity index (χ4n) is 4.49. The van der Waals surface area contributed by atoms with E-state index in [1.165, 1.54) is 47.7 Å². The van der Waals surface area contributed by atoms with E-state index in [-0.39, 0.29) is 5.56 Å². The van der Waals surface area contributed by atoms with Crippen LogP contribution >= 0.6 is 11.3 Å². The van der Waals surface area contributed by atoms with Crippen LogP contribution in [0.2, 0.25) is 0 Å².